The summed E-state index contributed by atoms with van der Waals surface area (Å²) in [4.78, 5) is 12.7. The molecular weight excluding hydrogens is 226 g/mol. The molecule has 0 spiro atoms. The maximum Gasteiger partial charge on any atom is 0.185 e. The van der Waals surface area contributed by atoms with Gasteiger partial charge >= 0.3 is 0 Å². The van der Waals surface area contributed by atoms with Gasteiger partial charge in [0.25, 0.3) is 0 Å². The van der Waals surface area contributed by atoms with Crippen molar-refractivity contribution in [1.82, 2.24) is 4.90 Å². The number of benzene rings is 1. The molecule has 2 aromatic rings. The molecule has 0 radical (unpaired) electrons. The monoisotopic (exact) mass is 243 g/mol. The summed E-state index contributed by atoms with van der Waals surface area (Å²) in [6.07, 6.45) is 0.726. The first-order valence-electron chi connectivity index (χ1n) is 5.95. The van der Waals surface area contributed by atoms with Crippen LogP contribution in [-0.4, -0.2) is 18.2 Å². The highest BCUT2D eigenvalue weighted by Crippen LogP contribution is 2.11. The standard InChI is InChI=1S/C15H17NO2/c1-12-4-3-5-13(8-12)9-16(2)10-14-6-7-15(11-17)18-14/h3-8,11H,9-10H2,1-2H3. The molecule has 0 bridgehead atoms. The van der Waals surface area contributed by atoms with Gasteiger partial charge in [0.15, 0.2) is 12.0 Å². The number of hydrogen-bond acceptors (Lipinski definition) is 3. The van der Waals surface area contributed by atoms with Crippen LogP contribution in [0.4, 0.5) is 0 Å². The van der Waals surface area contributed by atoms with E-state index in [1.165, 1.54) is 11.1 Å². The fraction of sp³-hybridized carbons (Fsp3) is 0.267. The van der Waals surface area contributed by atoms with Crippen LogP contribution in [-0.2, 0) is 13.1 Å². The minimum Gasteiger partial charge on any atom is -0.457 e. The molecule has 0 aliphatic carbocycles. The van der Waals surface area contributed by atoms with Crippen LogP contribution in [0, 0.1) is 6.92 Å². The third kappa shape index (κ3) is 3.31. The molecule has 0 saturated heterocycles. The molecule has 0 saturated carbocycles. The second kappa shape index (κ2) is 5.65. The van der Waals surface area contributed by atoms with Gasteiger partial charge in [0.05, 0.1) is 6.54 Å². The molecule has 2 rings (SSSR count). The van der Waals surface area contributed by atoms with Crippen molar-refractivity contribution in [2.45, 2.75) is 20.0 Å². The van der Waals surface area contributed by atoms with Gasteiger partial charge in [-0.1, -0.05) is 29.8 Å². The van der Waals surface area contributed by atoms with Crippen molar-refractivity contribution in [3.63, 3.8) is 0 Å². The number of carbonyl (C=O) groups excluding carboxylic acids is 1. The zero-order valence-corrected chi connectivity index (χ0v) is 10.7. The molecule has 0 aliphatic heterocycles. The fourth-order valence-corrected chi connectivity index (χ4v) is 1.99. The van der Waals surface area contributed by atoms with Crippen molar-refractivity contribution in [1.29, 1.82) is 0 Å². The summed E-state index contributed by atoms with van der Waals surface area (Å²) in [6, 6.07) is 12.0. The lowest BCUT2D eigenvalue weighted by Crippen LogP contribution is -2.16. The zero-order chi connectivity index (χ0) is 13.0. The molecule has 0 amide bonds. The van der Waals surface area contributed by atoms with Gasteiger partial charge in [0.2, 0.25) is 0 Å². The van der Waals surface area contributed by atoms with Gasteiger partial charge in [-0.15, -0.1) is 0 Å². The van der Waals surface area contributed by atoms with Gasteiger partial charge in [-0.2, -0.15) is 0 Å². The van der Waals surface area contributed by atoms with Gasteiger partial charge in [-0.25, -0.2) is 0 Å². The van der Waals surface area contributed by atoms with Crippen molar-refractivity contribution >= 4 is 6.29 Å². The first-order chi connectivity index (χ1) is 8.67. The van der Waals surface area contributed by atoms with Crippen molar-refractivity contribution in [3.05, 3.63) is 59.0 Å². The Bertz CT molecular complexity index is 531. The molecule has 0 aliphatic rings. The Morgan fingerprint density at radius 3 is 2.72 bits per heavy atom. The Balaban J connectivity index is 1.96. The second-order valence-corrected chi connectivity index (χ2v) is 4.58. The highest BCUT2D eigenvalue weighted by molar-refractivity contribution is 5.70. The number of nitrogens with zero attached hydrogens (tertiary/aromatic N) is 1. The van der Waals surface area contributed by atoms with Crippen LogP contribution in [0.3, 0.4) is 0 Å². The predicted octanol–water partition coefficient (Wildman–Crippen LogP) is 3.03. The van der Waals surface area contributed by atoms with E-state index in [4.69, 9.17) is 4.42 Å². The number of aryl methyl sites for hydroxylation is 1. The number of hydrogen-bond donors (Lipinski definition) is 0. The molecule has 0 atom stereocenters. The molecule has 1 heterocycles. The van der Waals surface area contributed by atoms with Crippen molar-refractivity contribution in [3.8, 4) is 0 Å². The first kappa shape index (κ1) is 12.6. The summed E-state index contributed by atoms with van der Waals surface area (Å²) >= 11 is 0. The summed E-state index contributed by atoms with van der Waals surface area (Å²) in [7, 11) is 2.03. The van der Waals surface area contributed by atoms with E-state index in [1.54, 1.807) is 6.07 Å². The first-order valence-corrected chi connectivity index (χ1v) is 5.95. The molecule has 3 heteroatoms. The normalized spacial score (nSPS) is 10.8. The Morgan fingerprint density at radius 2 is 2.06 bits per heavy atom. The summed E-state index contributed by atoms with van der Waals surface area (Å²) in [6.45, 7) is 3.65. The van der Waals surface area contributed by atoms with Crippen LogP contribution < -0.4 is 0 Å². The molecule has 1 aromatic carbocycles. The van der Waals surface area contributed by atoms with Crippen molar-refractivity contribution in [2.24, 2.45) is 0 Å². The number of rotatable bonds is 5. The van der Waals surface area contributed by atoms with E-state index in [0.717, 1.165) is 18.6 Å². The molecule has 0 unspecified atom stereocenters. The Hall–Kier alpha value is -1.87. The van der Waals surface area contributed by atoms with Crippen LogP contribution in [0.5, 0.6) is 0 Å². The summed E-state index contributed by atoms with van der Waals surface area (Å²) < 4.78 is 5.36. The molecule has 0 N–H and O–H groups in total. The van der Waals surface area contributed by atoms with E-state index in [2.05, 4.69) is 36.1 Å². The van der Waals surface area contributed by atoms with E-state index in [1.807, 2.05) is 13.1 Å². The van der Waals surface area contributed by atoms with E-state index in [9.17, 15) is 4.79 Å². The van der Waals surface area contributed by atoms with E-state index < -0.39 is 0 Å². The largest absolute Gasteiger partial charge is 0.457 e. The average Bonchev–Trinajstić information content (AvgIpc) is 2.76. The van der Waals surface area contributed by atoms with Gasteiger partial charge in [0.1, 0.15) is 5.76 Å². The fourth-order valence-electron chi connectivity index (χ4n) is 1.99. The number of furan rings is 1. The maximum atomic E-state index is 10.5. The van der Waals surface area contributed by atoms with Crippen LogP contribution >= 0.6 is 0 Å². The molecule has 0 fully saturated rings. The highest BCUT2D eigenvalue weighted by Gasteiger charge is 2.06. The van der Waals surface area contributed by atoms with E-state index >= 15 is 0 Å². The van der Waals surface area contributed by atoms with E-state index in [-0.39, 0.29) is 0 Å². The highest BCUT2D eigenvalue weighted by atomic mass is 16.3. The molecule has 18 heavy (non-hydrogen) atoms. The van der Waals surface area contributed by atoms with Crippen LogP contribution in [0.15, 0.2) is 40.8 Å². The molecule has 94 valence electrons. The third-order valence-corrected chi connectivity index (χ3v) is 2.76. The van der Waals surface area contributed by atoms with Gasteiger partial charge < -0.3 is 4.42 Å². The van der Waals surface area contributed by atoms with Crippen molar-refractivity contribution in [2.75, 3.05) is 7.05 Å². The Labute approximate surface area is 107 Å². The Kier molecular flexibility index (Phi) is 3.95. The second-order valence-electron chi connectivity index (χ2n) is 4.58. The quantitative estimate of drug-likeness (QED) is 0.757. The van der Waals surface area contributed by atoms with Crippen LogP contribution in [0.25, 0.3) is 0 Å². The number of aldehydes is 1. The SMILES string of the molecule is Cc1cccc(CN(C)Cc2ccc(C=O)o2)c1. The molecule has 3 nitrogen and oxygen atoms in total. The predicted molar refractivity (Wildman–Crippen MR) is 70.4 cm³/mol. The summed E-state index contributed by atoms with van der Waals surface area (Å²) in [5.74, 6) is 1.20. The average molecular weight is 243 g/mol. The molecule has 1 aromatic heterocycles. The number of carbonyl (C=O) groups is 1. The lowest BCUT2D eigenvalue weighted by atomic mass is 10.1. The summed E-state index contributed by atoms with van der Waals surface area (Å²) in [5, 5.41) is 0. The third-order valence-electron chi connectivity index (χ3n) is 2.76. The zero-order valence-electron chi connectivity index (χ0n) is 10.7. The summed E-state index contributed by atoms with van der Waals surface area (Å²) in [5.41, 5.74) is 2.54. The van der Waals surface area contributed by atoms with Crippen LogP contribution in [0.2, 0.25) is 0 Å². The minimum absolute atomic E-state index is 0.383. The minimum atomic E-state index is 0.383. The van der Waals surface area contributed by atoms with Gasteiger partial charge in [-0.3, -0.25) is 9.69 Å². The lowest BCUT2D eigenvalue weighted by molar-refractivity contribution is 0.109. The van der Waals surface area contributed by atoms with Crippen molar-refractivity contribution < 1.29 is 9.21 Å². The smallest absolute Gasteiger partial charge is 0.185 e. The molecular formula is C15H17NO2. The Morgan fingerprint density at radius 1 is 1.22 bits per heavy atom. The topological polar surface area (TPSA) is 33.5 Å². The van der Waals surface area contributed by atoms with Gasteiger partial charge in [-0.05, 0) is 31.7 Å². The van der Waals surface area contributed by atoms with Crippen LogP contribution in [0.1, 0.15) is 27.4 Å². The van der Waals surface area contributed by atoms with Gasteiger partial charge in [0, 0.05) is 6.54 Å². The van der Waals surface area contributed by atoms with E-state index in [0.29, 0.717) is 12.3 Å². The lowest BCUT2D eigenvalue weighted by Gasteiger charge is -2.15. The maximum absolute atomic E-state index is 10.5.